The molecule has 1 heterocycles. The molecule has 43 heavy (non-hydrogen) atoms. The molecule has 0 unspecified atom stereocenters. The monoisotopic (exact) mass is 596 g/mol. The number of hydrogen-bond donors (Lipinski definition) is 2. The van der Waals surface area contributed by atoms with E-state index in [0.717, 1.165) is 22.4 Å². The summed E-state index contributed by atoms with van der Waals surface area (Å²) in [5.41, 5.74) is 8.29. The van der Waals surface area contributed by atoms with E-state index >= 15 is 0 Å². The fourth-order valence-corrected chi connectivity index (χ4v) is 7.26. The van der Waals surface area contributed by atoms with Crippen LogP contribution in [-0.2, 0) is 22.9 Å². The normalized spacial score (nSPS) is 15.6. The molecule has 222 valence electrons. The molecule has 0 saturated heterocycles. The first-order valence-electron chi connectivity index (χ1n) is 14.2. The van der Waals surface area contributed by atoms with E-state index < -0.39 is 10.1 Å². The number of carbonyl (C=O) groups excluding carboxylic acids is 1. The van der Waals surface area contributed by atoms with Crippen LogP contribution in [0.25, 0.3) is 11.1 Å². The van der Waals surface area contributed by atoms with Crippen molar-refractivity contribution in [3.63, 3.8) is 0 Å². The van der Waals surface area contributed by atoms with E-state index in [0.29, 0.717) is 29.3 Å². The maximum Gasteiger partial charge on any atom is 0.344 e. The number of rotatable bonds is 5. The molecule has 6 rings (SSSR count). The Morgan fingerprint density at radius 1 is 0.953 bits per heavy atom. The average Bonchev–Trinajstić information content (AvgIpc) is 3.30. The van der Waals surface area contributed by atoms with Crippen molar-refractivity contribution >= 4 is 33.7 Å². The van der Waals surface area contributed by atoms with Gasteiger partial charge in [0.25, 0.3) is 0 Å². The molecule has 2 aliphatic rings. The first kappa shape index (κ1) is 28.6. The molecule has 4 aromatic rings. The minimum atomic E-state index is -2.78. The van der Waals surface area contributed by atoms with Gasteiger partial charge in [0.2, 0.25) is 0 Å². The minimum Gasteiger partial charge on any atom is -0.493 e. The van der Waals surface area contributed by atoms with E-state index in [1.54, 1.807) is 32.4 Å². The van der Waals surface area contributed by atoms with Crippen molar-refractivity contribution in [2.45, 2.75) is 30.7 Å². The van der Waals surface area contributed by atoms with Gasteiger partial charge in [-0.2, -0.15) is 5.10 Å². The average molecular weight is 597 g/mol. The second-order valence-corrected chi connectivity index (χ2v) is 13.6. The Balaban J connectivity index is 1.19. The van der Waals surface area contributed by atoms with Crippen LogP contribution >= 0.6 is 0 Å². The summed E-state index contributed by atoms with van der Waals surface area (Å²) in [6.07, 6.45) is 4.98. The Kier molecular flexibility index (Phi) is 7.54. The molecule has 1 aliphatic carbocycles. The van der Waals surface area contributed by atoms with Gasteiger partial charge in [0.05, 0.1) is 32.2 Å². The largest absolute Gasteiger partial charge is 0.493 e. The molecule has 0 bridgehead atoms. The number of hydrogen-bond acceptors (Lipinski definition) is 5. The fourth-order valence-electron chi connectivity index (χ4n) is 5.80. The number of hydrazone groups is 1. The van der Waals surface area contributed by atoms with Crippen molar-refractivity contribution < 1.29 is 18.8 Å². The highest BCUT2D eigenvalue weighted by molar-refractivity contribution is 7.99. The van der Waals surface area contributed by atoms with Crippen molar-refractivity contribution in [3.05, 3.63) is 101 Å². The van der Waals surface area contributed by atoms with E-state index in [4.69, 9.17) is 13.8 Å². The van der Waals surface area contributed by atoms with Gasteiger partial charge in [0.1, 0.15) is 0 Å². The zero-order valence-electron chi connectivity index (χ0n) is 25.0. The van der Waals surface area contributed by atoms with Crippen LogP contribution in [-0.4, -0.2) is 55.4 Å². The Morgan fingerprint density at radius 2 is 1.65 bits per heavy atom. The van der Waals surface area contributed by atoms with Crippen molar-refractivity contribution in [2.75, 3.05) is 32.4 Å². The molecule has 0 aromatic heterocycles. The summed E-state index contributed by atoms with van der Waals surface area (Å²) in [6.45, 7) is 1.97. The number of ether oxygens (including phenoxy) is 2. The predicted molar refractivity (Wildman–Crippen MR) is 175 cm³/mol. The van der Waals surface area contributed by atoms with Gasteiger partial charge in [0, 0.05) is 23.2 Å². The van der Waals surface area contributed by atoms with Gasteiger partial charge in [-0.15, -0.1) is 0 Å². The zero-order valence-corrected chi connectivity index (χ0v) is 25.9. The van der Waals surface area contributed by atoms with Crippen LogP contribution in [0.15, 0.2) is 93.2 Å². The van der Waals surface area contributed by atoms with Gasteiger partial charge in [-0.3, -0.25) is 4.90 Å². The third kappa shape index (κ3) is 5.42. The van der Waals surface area contributed by atoms with Gasteiger partial charge >= 0.3 is 6.03 Å². The maximum absolute atomic E-state index is 13.6. The summed E-state index contributed by atoms with van der Waals surface area (Å²) in [5, 5.41) is 6.03. The first-order valence-corrected chi connectivity index (χ1v) is 16.3. The number of fused-ring (bicyclic) bond motifs is 4. The highest BCUT2D eigenvalue weighted by Crippen LogP contribution is 2.38. The third-order valence-corrected chi connectivity index (χ3v) is 10.1. The molecule has 8 nitrogen and oxygen atoms in total. The molecule has 0 saturated carbocycles. The Morgan fingerprint density at radius 3 is 2.40 bits per heavy atom. The van der Waals surface area contributed by atoms with E-state index in [2.05, 4.69) is 41.5 Å². The Bertz CT molecular complexity index is 1800. The summed E-state index contributed by atoms with van der Waals surface area (Å²) >= 11 is 0. The second kappa shape index (κ2) is 11.3. The molecule has 0 radical (unpaired) electrons. The van der Waals surface area contributed by atoms with E-state index in [1.807, 2.05) is 55.6 Å². The second-order valence-electron chi connectivity index (χ2n) is 11.1. The number of benzene rings is 4. The molecule has 1 N–H and O–H groups in total. The van der Waals surface area contributed by atoms with E-state index in [9.17, 15) is 9.35 Å². The molecule has 1 aliphatic heterocycles. The summed E-state index contributed by atoms with van der Waals surface area (Å²) in [6, 6.07) is 25.4. The van der Waals surface area contributed by atoms with Crippen LogP contribution in [0.3, 0.4) is 0 Å². The number of amides is 2. The van der Waals surface area contributed by atoms with Crippen molar-refractivity contribution in [1.82, 2.24) is 5.01 Å². The van der Waals surface area contributed by atoms with Crippen molar-refractivity contribution in [1.29, 1.82) is 0 Å². The van der Waals surface area contributed by atoms with Gasteiger partial charge in [-0.25, -0.2) is 14.2 Å². The van der Waals surface area contributed by atoms with Crippen LogP contribution in [0.5, 0.6) is 11.5 Å². The fraction of sp³-hybridized carbons (Fsp3) is 0.235. The quantitative estimate of drug-likeness (QED) is 0.215. The Labute approximate surface area is 253 Å². The molecule has 1 atom stereocenters. The lowest BCUT2D eigenvalue weighted by Crippen LogP contribution is -2.43. The van der Waals surface area contributed by atoms with Crippen LogP contribution < -0.4 is 14.4 Å². The predicted octanol–water partition coefficient (Wildman–Crippen LogP) is 6.98. The molecule has 4 aromatic carbocycles. The molecule has 2 amide bonds. The topological polar surface area (TPSA) is 87.0 Å². The van der Waals surface area contributed by atoms with Crippen LogP contribution in [0.4, 0.5) is 16.2 Å². The number of urea groups is 1. The third-order valence-electron chi connectivity index (χ3n) is 8.20. The lowest BCUT2D eigenvalue weighted by Gasteiger charge is -2.28. The zero-order chi connectivity index (χ0) is 30.3. The van der Waals surface area contributed by atoms with Crippen molar-refractivity contribution in [2.24, 2.45) is 9.46 Å². The molecule has 9 heteroatoms. The number of nitrogens with zero attached hydrogens (tertiary/aromatic N) is 4. The first-order chi connectivity index (χ1) is 20.7. The molecular weight excluding hydrogens is 560 g/mol. The number of anilines is 1. The summed E-state index contributed by atoms with van der Waals surface area (Å²) < 4.78 is 27.1. The summed E-state index contributed by atoms with van der Waals surface area (Å²) in [5.74, 6) is 1.26. The maximum atomic E-state index is 13.6. The smallest absolute Gasteiger partial charge is 0.344 e. The van der Waals surface area contributed by atoms with Gasteiger partial charge in [0.15, 0.2) is 11.5 Å². The molecule has 0 fully saturated rings. The summed E-state index contributed by atoms with van der Waals surface area (Å²) in [7, 11) is 2.15. The van der Waals surface area contributed by atoms with Crippen LogP contribution in [0.1, 0.15) is 29.2 Å². The summed E-state index contributed by atoms with van der Waals surface area (Å²) in [4.78, 5) is 16.0. The van der Waals surface area contributed by atoms with E-state index in [-0.39, 0.29) is 12.1 Å². The van der Waals surface area contributed by atoms with Crippen LogP contribution in [0.2, 0.25) is 0 Å². The van der Waals surface area contributed by atoms with Gasteiger partial charge < -0.3 is 14.0 Å². The minimum absolute atomic E-state index is 0.181. The van der Waals surface area contributed by atoms with E-state index in [1.165, 1.54) is 27.3 Å². The lowest BCUT2D eigenvalue weighted by atomic mass is 10.0. The SMILES string of the molecule is COc1cc2c(cc1OC)C[C@H](C)N(C(=O)N(C)c1ccc(N=[SH](C)(O)c3ccc4c(c3)Cc3ccccc3-4)cc1)N=C2. The van der Waals surface area contributed by atoms with Crippen molar-refractivity contribution in [3.8, 4) is 22.6 Å². The number of methoxy groups -OCH3 is 2. The number of carbonyl (C=O) groups is 1. The van der Waals surface area contributed by atoms with Crippen LogP contribution in [0, 0.1) is 0 Å². The molecule has 0 spiro atoms. The van der Waals surface area contributed by atoms with Gasteiger partial charge in [-0.1, -0.05) is 40.4 Å². The van der Waals surface area contributed by atoms with Gasteiger partial charge in [-0.05, 0) is 102 Å². The highest BCUT2D eigenvalue weighted by atomic mass is 32.3. The number of thiol groups is 1. The standard InChI is InChI=1S/C34H36N4O4S/c1-22-16-24-19-32(41-3)33(42-4)20-26(24)21-35-38(22)34(39)37(2)28-12-10-27(11-13-28)36-43(5,40)29-14-15-31-25(18-29)17-23-8-6-7-9-30(23)31/h6-15,18-22,43H,16-17H2,1-5H3,(H,36,40)/t22-/m0/s1. The highest BCUT2D eigenvalue weighted by Gasteiger charge is 2.27. The molecular formula is C34H36N4O4S. The lowest BCUT2D eigenvalue weighted by molar-refractivity contribution is 0.190. The Hall–Kier alpha value is -4.47.